The van der Waals surface area contributed by atoms with Crippen LogP contribution in [0.5, 0.6) is 0 Å². The number of amides is 1. The predicted octanol–water partition coefficient (Wildman–Crippen LogP) is 4.89. The van der Waals surface area contributed by atoms with Gasteiger partial charge in [-0.2, -0.15) is 0 Å². The number of aryl methyl sites for hydroxylation is 1. The largest absolute Gasteiger partial charge is 0.353 e. The summed E-state index contributed by atoms with van der Waals surface area (Å²) in [6, 6.07) is 17.0. The SMILES string of the molecule is Cc1ccccc1Nc1cc(=O)[nH]cc1NC(=O)c1csc2ccccc12. The molecule has 3 N–H and O–H groups in total. The second-order valence-corrected chi connectivity index (χ2v) is 7.08. The topological polar surface area (TPSA) is 74.0 Å². The van der Waals surface area contributed by atoms with Gasteiger partial charge in [-0.25, -0.2) is 0 Å². The van der Waals surface area contributed by atoms with Gasteiger partial charge in [-0.3, -0.25) is 9.59 Å². The van der Waals surface area contributed by atoms with Crippen molar-refractivity contribution in [3.63, 3.8) is 0 Å². The predicted molar refractivity (Wildman–Crippen MR) is 111 cm³/mol. The Bertz CT molecular complexity index is 1190. The summed E-state index contributed by atoms with van der Waals surface area (Å²) in [6.45, 7) is 1.98. The van der Waals surface area contributed by atoms with Crippen LogP contribution in [0.2, 0.25) is 0 Å². The first-order valence-electron chi connectivity index (χ1n) is 8.45. The van der Waals surface area contributed by atoms with Gasteiger partial charge in [-0.1, -0.05) is 36.4 Å². The normalized spacial score (nSPS) is 10.7. The number of benzene rings is 2. The average Bonchev–Trinajstić information content (AvgIpc) is 3.10. The van der Waals surface area contributed by atoms with Gasteiger partial charge in [0.1, 0.15) is 0 Å². The van der Waals surface area contributed by atoms with E-state index < -0.39 is 0 Å². The fourth-order valence-electron chi connectivity index (χ4n) is 2.88. The van der Waals surface area contributed by atoms with Gasteiger partial charge in [-0.15, -0.1) is 11.3 Å². The Morgan fingerprint density at radius 2 is 1.78 bits per heavy atom. The second-order valence-electron chi connectivity index (χ2n) is 6.16. The molecule has 0 aliphatic rings. The highest BCUT2D eigenvalue weighted by Gasteiger charge is 2.14. The summed E-state index contributed by atoms with van der Waals surface area (Å²) in [4.78, 5) is 27.2. The fourth-order valence-corrected chi connectivity index (χ4v) is 3.82. The molecule has 2 aromatic carbocycles. The molecular weight excluding hydrogens is 358 g/mol. The Hall–Kier alpha value is -3.38. The number of hydrogen-bond donors (Lipinski definition) is 3. The number of fused-ring (bicyclic) bond motifs is 1. The standard InChI is InChI=1S/C21H17N3O2S/c1-13-6-2-4-8-16(13)23-17-10-20(25)22-11-18(17)24-21(26)15-12-27-19-9-5-3-7-14(15)19/h2-12H,1H3,(H,24,26)(H2,22,23,25). The maximum absolute atomic E-state index is 12.8. The van der Waals surface area contributed by atoms with E-state index in [0.29, 0.717) is 16.9 Å². The maximum atomic E-state index is 12.8. The van der Waals surface area contributed by atoms with Gasteiger partial charge in [0, 0.05) is 33.4 Å². The molecule has 2 heterocycles. The highest BCUT2D eigenvalue weighted by Crippen LogP contribution is 2.29. The zero-order valence-corrected chi connectivity index (χ0v) is 15.4. The number of nitrogens with one attached hydrogen (secondary N) is 3. The Labute approximate surface area is 159 Å². The smallest absolute Gasteiger partial charge is 0.257 e. The number of carbonyl (C=O) groups is 1. The zero-order valence-electron chi connectivity index (χ0n) is 14.6. The Balaban J connectivity index is 1.67. The van der Waals surface area contributed by atoms with Crippen LogP contribution in [0, 0.1) is 6.92 Å². The number of thiophene rings is 1. The molecule has 0 saturated carbocycles. The van der Waals surface area contributed by atoms with Crippen molar-refractivity contribution in [1.29, 1.82) is 0 Å². The van der Waals surface area contributed by atoms with Gasteiger partial charge in [0.05, 0.1) is 16.9 Å². The number of H-pyrrole nitrogens is 1. The van der Waals surface area contributed by atoms with Crippen molar-refractivity contribution in [3.05, 3.63) is 87.7 Å². The molecule has 0 unspecified atom stereocenters. The van der Waals surface area contributed by atoms with Crippen LogP contribution in [-0.2, 0) is 0 Å². The Kier molecular flexibility index (Phi) is 4.48. The van der Waals surface area contributed by atoms with Crippen molar-refractivity contribution in [2.45, 2.75) is 6.92 Å². The monoisotopic (exact) mass is 375 g/mol. The molecule has 27 heavy (non-hydrogen) atoms. The molecule has 0 saturated heterocycles. The van der Waals surface area contributed by atoms with E-state index in [4.69, 9.17) is 0 Å². The van der Waals surface area contributed by atoms with E-state index in [0.717, 1.165) is 21.3 Å². The lowest BCUT2D eigenvalue weighted by molar-refractivity contribution is 0.102. The summed E-state index contributed by atoms with van der Waals surface area (Å²) < 4.78 is 1.06. The van der Waals surface area contributed by atoms with Gasteiger partial charge in [0.25, 0.3) is 5.91 Å². The molecule has 2 aromatic heterocycles. The third kappa shape index (κ3) is 3.47. The van der Waals surface area contributed by atoms with E-state index in [-0.39, 0.29) is 11.5 Å². The van der Waals surface area contributed by atoms with Crippen LogP contribution < -0.4 is 16.2 Å². The third-order valence-electron chi connectivity index (χ3n) is 4.31. The van der Waals surface area contributed by atoms with E-state index in [1.54, 1.807) is 0 Å². The number of aromatic nitrogens is 1. The molecule has 0 atom stereocenters. The molecule has 134 valence electrons. The number of pyridine rings is 1. The number of aromatic amines is 1. The van der Waals surface area contributed by atoms with Crippen LogP contribution in [0.1, 0.15) is 15.9 Å². The summed E-state index contributed by atoms with van der Waals surface area (Å²) in [7, 11) is 0. The van der Waals surface area contributed by atoms with E-state index in [1.165, 1.54) is 23.6 Å². The van der Waals surface area contributed by atoms with E-state index in [9.17, 15) is 9.59 Å². The molecule has 1 amide bonds. The lowest BCUT2D eigenvalue weighted by Gasteiger charge is -2.14. The first-order chi connectivity index (χ1) is 13.1. The quantitative estimate of drug-likeness (QED) is 0.475. The molecule has 0 aliphatic carbocycles. The summed E-state index contributed by atoms with van der Waals surface area (Å²) in [5, 5.41) is 8.91. The summed E-state index contributed by atoms with van der Waals surface area (Å²) in [6.07, 6.45) is 1.51. The molecule has 0 spiro atoms. The molecule has 5 nitrogen and oxygen atoms in total. The molecule has 6 heteroatoms. The lowest BCUT2D eigenvalue weighted by Crippen LogP contribution is -2.15. The summed E-state index contributed by atoms with van der Waals surface area (Å²) in [5.74, 6) is -0.215. The van der Waals surface area contributed by atoms with Crippen LogP contribution in [0.25, 0.3) is 10.1 Å². The minimum absolute atomic E-state index is 0.215. The van der Waals surface area contributed by atoms with Gasteiger partial charge >= 0.3 is 0 Å². The third-order valence-corrected chi connectivity index (χ3v) is 5.28. The number of anilines is 3. The molecule has 0 aliphatic heterocycles. The molecule has 0 bridgehead atoms. The van der Waals surface area contributed by atoms with Gasteiger partial charge in [-0.05, 0) is 24.6 Å². The average molecular weight is 375 g/mol. The van der Waals surface area contributed by atoms with Crippen molar-refractivity contribution >= 4 is 44.4 Å². The number of hydrogen-bond acceptors (Lipinski definition) is 4. The Morgan fingerprint density at radius 1 is 1.00 bits per heavy atom. The summed E-state index contributed by atoms with van der Waals surface area (Å²) >= 11 is 1.53. The van der Waals surface area contributed by atoms with Crippen LogP contribution >= 0.6 is 11.3 Å². The lowest BCUT2D eigenvalue weighted by atomic mass is 10.1. The van der Waals surface area contributed by atoms with E-state index in [1.807, 2.05) is 60.8 Å². The minimum Gasteiger partial charge on any atom is -0.353 e. The number of carbonyl (C=O) groups excluding carboxylic acids is 1. The van der Waals surface area contributed by atoms with Crippen molar-refractivity contribution in [2.75, 3.05) is 10.6 Å². The number of rotatable bonds is 4. The highest BCUT2D eigenvalue weighted by atomic mass is 32.1. The van der Waals surface area contributed by atoms with Crippen molar-refractivity contribution < 1.29 is 4.79 Å². The molecular formula is C21H17N3O2S. The van der Waals surface area contributed by atoms with Gasteiger partial charge < -0.3 is 15.6 Å². The van der Waals surface area contributed by atoms with Crippen LogP contribution in [-0.4, -0.2) is 10.9 Å². The molecule has 4 aromatic rings. The molecule has 0 fully saturated rings. The summed E-state index contributed by atoms with van der Waals surface area (Å²) in [5.41, 5.74) is 3.34. The van der Waals surface area contributed by atoms with Gasteiger partial charge in [0.15, 0.2) is 0 Å². The number of para-hydroxylation sites is 1. The minimum atomic E-state index is -0.245. The maximum Gasteiger partial charge on any atom is 0.257 e. The van der Waals surface area contributed by atoms with Crippen LogP contribution in [0.15, 0.2) is 71.0 Å². The zero-order chi connectivity index (χ0) is 18.8. The fraction of sp³-hybridized carbons (Fsp3) is 0.0476. The first kappa shape index (κ1) is 17.1. The van der Waals surface area contributed by atoms with Crippen LogP contribution in [0.4, 0.5) is 17.1 Å². The van der Waals surface area contributed by atoms with Crippen molar-refractivity contribution in [3.8, 4) is 0 Å². The van der Waals surface area contributed by atoms with Gasteiger partial charge in [0.2, 0.25) is 5.56 Å². The molecule has 4 rings (SSSR count). The van der Waals surface area contributed by atoms with Crippen LogP contribution in [0.3, 0.4) is 0 Å². The highest BCUT2D eigenvalue weighted by molar-refractivity contribution is 7.17. The van der Waals surface area contributed by atoms with Crippen molar-refractivity contribution in [1.82, 2.24) is 4.98 Å². The Morgan fingerprint density at radius 3 is 2.63 bits per heavy atom. The second kappa shape index (κ2) is 7.09. The first-order valence-corrected chi connectivity index (χ1v) is 9.33. The van der Waals surface area contributed by atoms with E-state index >= 15 is 0 Å². The van der Waals surface area contributed by atoms with Crippen molar-refractivity contribution in [2.24, 2.45) is 0 Å². The van der Waals surface area contributed by atoms with E-state index in [2.05, 4.69) is 15.6 Å². The molecule has 0 radical (unpaired) electrons.